The number of hydrogen-bond donors (Lipinski definition) is 2. The van der Waals surface area contributed by atoms with Crippen LogP contribution in [0.1, 0.15) is 35.6 Å². The largest absolute Gasteiger partial charge is 0.477 e. The van der Waals surface area contributed by atoms with Crippen LogP contribution < -0.4 is 5.32 Å². The minimum Gasteiger partial charge on any atom is -0.477 e. The lowest BCUT2D eigenvalue weighted by Gasteiger charge is -2.26. The highest BCUT2D eigenvalue weighted by Crippen LogP contribution is 2.18. The Bertz CT molecular complexity index is 369. The van der Waals surface area contributed by atoms with Gasteiger partial charge in [0.05, 0.1) is 12.7 Å². The number of rotatable bonds is 4. The van der Waals surface area contributed by atoms with Crippen molar-refractivity contribution in [3.05, 3.63) is 17.7 Å². The Morgan fingerprint density at radius 2 is 2.47 bits per heavy atom. The van der Waals surface area contributed by atoms with Crippen molar-refractivity contribution in [1.29, 1.82) is 0 Å². The molecular formula is C10H15N3O2. The number of imidazole rings is 1. The molecule has 0 aliphatic heterocycles. The molecule has 0 aromatic carbocycles. The van der Waals surface area contributed by atoms with E-state index in [1.165, 1.54) is 25.5 Å². The summed E-state index contributed by atoms with van der Waals surface area (Å²) in [7, 11) is 1.73. The summed E-state index contributed by atoms with van der Waals surface area (Å²) in [5.74, 6) is -0.154. The molecule has 5 heteroatoms. The Balaban J connectivity index is 1.98. The van der Waals surface area contributed by atoms with Gasteiger partial charge in [0.2, 0.25) is 0 Å². The number of carboxylic acids is 1. The van der Waals surface area contributed by atoms with E-state index in [0.29, 0.717) is 12.6 Å². The molecule has 5 nitrogen and oxygen atoms in total. The molecule has 1 fully saturated rings. The van der Waals surface area contributed by atoms with Crippen LogP contribution in [0.15, 0.2) is 6.20 Å². The molecule has 1 aromatic rings. The molecule has 0 amide bonds. The summed E-state index contributed by atoms with van der Waals surface area (Å²) in [5, 5.41) is 12.2. The van der Waals surface area contributed by atoms with E-state index >= 15 is 0 Å². The molecule has 0 unspecified atom stereocenters. The monoisotopic (exact) mass is 209 g/mol. The average Bonchev–Trinajstić information content (AvgIpc) is 2.45. The van der Waals surface area contributed by atoms with E-state index < -0.39 is 5.97 Å². The Kier molecular flexibility index (Phi) is 2.73. The summed E-state index contributed by atoms with van der Waals surface area (Å²) in [6.07, 6.45) is 5.13. The first-order valence-corrected chi connectivity index (χ1v) is 5.15. The Morgan fingerprint density at radius 3 is 2.93 bits per heavy atom. The summed E-state index contributed by atoms with van der Waals surface area (Å²) in [6.45, 7) is 0.647. The molecule has 1 heterocycles. The van der Waals surface area contributed by atoms with Crippen LogP contribution in [0, 0.1) is 0 Å². The predicted molar refractivity (Wildman–Crippen MR) is 54.6 cm³/mol. The Labute approximate surface area is 88.1 Å². The van der Waals surface area contributed by atoms with E-state index in [4.69, 9.17) is 5.11 Å². The van der Waals surface area contributed by atoms with Gasteiger partial charge in [-0.1, -0.05) is 6.42 Å². The lowest BCUT2D eigenvalue weighted by molar-refractivity contribution is 0.0686. The summed E-state index contributed by atoms with van der Waals surface area (Å²) in [5.41, 5.74) is 0.236. The fraction of sp³-hybridized carbons (Fsp3) is 0.600. The van der Waals surface area contributed by atoms with Crippen LogP contribution in [0.3, 0.4) is 0 Å². The summed E-state index contributed by atoms with van der Waals surface area (Å²) in [6, 6.07) is 0.593. The minimum atomic E-state index is -0.931. The molecule has 15 heavy (non-hydrogen) atoms. The zero-order valence-corrected chi connectivity index (χ0v) is 8.73. The molecule has 0 saturated heterocycles. The predicted octanol–water partition coefficient (Wildman–Crippen LogP) is 0.760. The van der Waals surface area contributed by atoms with Crippen LogP contribution in [-0.4, -0.2) is 26.7 Å². The lowest BCUT2D eigenvalue weighted by atomic mass is 9.93. The maximum atomic E-state index is 10.8. The van der Waals surface area contributed by atoms with Crippen LogP contribution in [0.25, 0.3) is 0 Å². The zero-order chi connectivity index (χ0) is 10.8. The molecule has 2 rings (SSSR count). The van der Waals surface area contributed by atoms with Gasteiger partial charge < -0.3 is 15.0 Å². The molecular weight excluding hydrogens is 194 g/mol. The van der Waals surface area contributed by atoms with Crippen LogP contribution >= 0.6 is 0 Å². The van der Waals surface area contributed by atoms with Crippen LogP contribution in [-0.2, 0) is 13.6 Å². The van der Waals surface area contributed by atoms with E-state index in [1.807, 2.05) is 0 Å². The Morgan fingerprint density at radius 1 is 1.73 bits per heavy atom. The third-order valence-corrected chi connectivity index (χ3v) is 2.96. The number of nitrogens with one attached hydrogen (secondary N) is 1. The highest BCUT2D eigenvalue weighted by Gasteiger charge is 2.18. The molecule has 0 atom stereocenters. The molecule has 1 aromatic heterocycles. The van der Waals surface area contributed by atoms with Gasteiger partial charge in [0.15, 0.2) is 0 Å². The van der Waals surface area contributed by atoms with E-state index in [1.54, 1.807) is 11.6 Å². The number of nitrogens with zero attached hydrogens (tertiary/aromatic N) is 2. The molecule has 1 aliphatic carbocycles. The maximum absolute atomic E-state index is 10.8. The van der Waals surface area contributed by atoms with Gasteiger partial charge in [-0.15, -0.1) is 0 Å². The fourth-order valence-corrected chi connectivity index (χ4v) is 1.66. The third kappa shape index (κ3) is 2.02. The standard InChI is InChI=1S/C10H15N3O2/c1-13-8(10(14)15)5-12-9(13)6-11-7-3-2-4-7/h5,7,11H,2-4,6H2,1H3,(H,14,15). The second-order valence-corrected chi connectivity index (χ2v) is 3.93. The van der Waals surface area contributed by atoms with Crippen molar-refractivity contribution in [1.82, 2.24) is 14.9 Å². The van der Waals surface area contributed by atoms with Gasteiger partial charge in [-0.3, -0.25) is 0 Å². The van der Waals surface area contributed by atoms with Gasteiger partial charge in [0.25, 0.3) is 0 Å². The van der Waals surface area contributed by atoms with Crippen molar-refractivity contribution in [3.63, 3.8) is 0 Å². The lowest BCUT2D eigenvalue weighted by Crippen LogP contribution is -2.35. The van der Waals surface area contributed by atoms with Crippen molar-refractivity contribution in [3.8, 4) is 0 Å². The number of carboxylic acid groups (broad SMARTS) is 1. The van der Waals surface area contributed by atoms with E-state index in [2.05, 4.69) is 10.3 Å². The maximum Gasteiger partial charge on any atom is 0.354 e. The number of carbonyl (C=O) groups is 1. The molecule has 1 aliphatic rings. The summed E-state index contributed by atoms with van der Waals surface area (Å²) in [4.78, 5) is 14.8. The molecule has 1 saturated carbocycles. The van der Waals surface area contributed by atoms with Gasteiger partial charge in [-0.05, 0) is 12.8 Å². The van der Waals surface area contributed by atoms with Gasteiger partial charge in [-0.2, -0.15) is 0 Å². The van der Waals surface area contributed by atoms with E-state index in [0.717, 1.165) is 5.82 Å². The normalized spacial score (nSPS) is 16.3. The molecule has 2 N–H and O–H groups in total. The Hall–Kier alpha value is -1.36. The molecule has 82 valence electrons. The zero-order valence-electron chi connectivity index (χ0n) is 8.73. The van der Waals surface area contributed by atoms with Crippen LogP contribution in [0.5, 0.6) is 0 Å². The third-order valence-electron chi connectivity index (χ3n) is 2.96. The van der Waals surface area contributed by atoms with Gasteiger partial charge in [0.1, 0.15) is 11.5 Å². The summed E-state index contributed by atoms with van der Waals surface area (Å²) >= 11 is 0. The summed E-state index contributed by atoms with van der Waals surface area (Å²) < 4.78 is 1.62. The second kappa shape index (κ2) is 4.02. The first-order valence-electron chi connectivity index (χ1n) is 5.15. The highest BCUT2D eigenvalue weighted by molar-refractivity contribution is 5.85. The van der Waals surface area contributed by atoms with Crippen molar-refractivity contribution in [2.24, 2.45) is 7.05 Å². The quantitative estimate of drug-likeness (QED) is 0.768. The SMILES string of the molecule is Cn1c(C(=O)O)cnc1CNC1CCC1. The van der Waals surface area contributed by atoms with E-state index in [-0.39, 0.29) is 5.69 Å². The van der Waals surface area contributed by atoms with E-state index in [9.17, 15) is 4.79 Å². The highest BCUT2D eigenvalue weighted by atomic mass is 16.4. The van der Waals surface area contributed by atoms with Crippen molar-refractivity contribution in [2.75, 3.05) is 0 Å². The first-order chi connectivity index (χ1) is 7.18. The number of aromatic nitrogens is 2. The van der Waals surface area contributed by atoms with Crippen molar-refractivity contribution < 1.29 is 9.90 Å². The smallest absolute Gasteiger partial charge is 0.354 e. The second-order valence-electron chi connectivity index (χ2n) is 3.93. The molecule has 0 spiro atoms. The topological polar surface area (TPSA) is 67.2 Å². The minimum absolute atomic E-state index is 0.236. The molecule has 0 radical (unpaired) electrons. The van der Waals surface area contributed by atoms with Crippen LogP contribution in [0.4, 0.5) is 0 Å². The van der Waals surface area contributed by atoms with Gasteiger partial charge in [-0.25, -0.2) is 9.78 Å². The average molecular weight is 209 g/mol. The van der Waals surface area contributed by atoms with Gasteiger partial charge >= 0.3 is 5.97 Å². The van der Waals surface area contributed by atoms with Crippen LogP contribution in [0.2, 0.25) is 0 Å². The van der Waals surface area contributed by atoms with Crippen molar-refractivity contribution in [2.45, 2.75) is 31.8 Å². The first kappa shape index (κ1) is 10.2. The fourth-order valence-electron chi connectivity index (χ4n) is 1.66. The molecule has 0 bridgehead atoms. The number of aromatic carboxylic acids is 1. The number of hydrogen-bond acceptors (Lipinski definition) is 3. The van der Waals surface area contributed by atoms with Crippen molar-refractivity contribution >= 4 is 5.97 Å². The van der Waals surface area contributed by atoms with Gasteiger partial charge in [0, 0.05) is 13.1 Å².